The van der Waals surface area contributed by atoms with E-state index in [0.29, 0.717) is 17.7 Å². The SMILES string of the molecule is CCCN(C(=O)C(Cc1ccc(O)cc1)NC(=O)OC(C)(C)C)C(C(=O)Nc1ccccc1C)c1cc(C)ccc1C. The molecule has 2 unspecified atom stereocenters. The van der Waals surface area contributed by atoms with Crippen molar-refractivity contribution in [1.82, 2.24) is 10.2 Å². The molecule has 2 atom stereocenters. The van der Waals surface area contributed by atoms with E-state index in [2.05, 4.69) is 10.6 Å². The predicted molar refractivity (Wildman–Crippen MR) is 165 cm³/mol. The van der Waals surface area contributed by atoms with Gasteiger partial charge in [-0.3, -0.25) is 9.59 Å². The number of benzene rings is 3. The average molecular weight is 574 g/mol. The minimum atomic E-state index is -1.03. The Hall–Kier alpha value is -4.33. The van der Waals surface area contributed by atoms with E-state index >= 15 is 0 Å². The van der Waals surface area contributed by atoms with Gasteiger partial charge in [-0.1, -0.05) is 61.0 Å². The molecule has 3 aromatic rings. The van der Waals surface area contributed by atoms with Crippen molar-refractivity contribution < 1.29 is 24.2 Å². The summed E-state index contributed by atoms with van der Waals surface area (Å²) in [4.78, 5) is 43.1. The fourth-order valence-electron chi connectivity index (χ4n) is 4.74. The molecule has 3 amide bonds. The molecule has 0 radical (unpaired) electrons. The average Bonchev–Trinajstić information content (AvgIpc) is 2.91. The molecule has 3 rings (SSSR count). The summed E-state index contributed by atoms with van der Waals surface area (Å²) in [5.74, 6) is -0.667. The molecule has 42 heavy (non-hydrogen) atoms. The van der Waals surface area contributed by atoms with Crippen LogP contribution in [0.25, 0.3) is 0 Å². The van der Waals surface area contributed by atoms with Crippen LogP contribution in [0.3, 0.4) is 0 Å². The molecule has 0 fully saturated rings. The summed E-state index contributed by atoms with van der Waals surface area (Å²) >= 11 is 0. The lowest BCUT2D eigenvalue weighted by molar-refractivity contribution is -0.140. The third-order valence-corrected chi connectivity index (χ3v) is 6.81. The number of carbonyl (C=O) groups excluding carboxylic acids is 3. The Morgan fingerprint density at radius 2 is 1.60 bits per heavy atom. The minimum absolute atomic E-state index is 0.0946. The largest absolute Gasteiger partial charge is 0.508 e. The Labute approximate surface area is 249 Å². The number of amides is 3. The molecular weight excluding hydrogens is 530 g/mol. The monoisotopic (exact) mass is 573 g/mol. The molecule has 3 aromatic carbocycles. The summed E-state index contributed by atoms with van der Waals surface area (Å²) in [6.45, 7) is 13.2. The van der Waals surface area contributed by atoms with Crippen molar-refractivity contribution in [2.75, 3.05) is 11.9 Å². The fraction of sp³-hybridized carbons (Fsp3) is 0.382. The van der Waals surface area contributed by atoms with Gasteiger partial charge in [-0.15, -0.1) is 0 Å². The van der Waals surface area contributed by atoms with Gasteiger partial charge in [0.1, 0.15) is 23.4 Å². The maximum atomic E-state index is 14.5. The minimum Gasteiger partial charge on any atom is -0.508 e. The van der Waals surface area contributed by atoms with Gasteiger partial charge < -0.3 is 25.4 Å². The number of aryl methyl sites for hydroxylation is 3. The number of alkyl carbamates (subject to hydrolysis) is 1. The maximum absolute atomic E-state index is 14.5. The first-order chi connectivity index (χ1) is 19.8. The Balaban J connectivity index is 2.09. The van der Waals surface area contributed by atoms with E-state index in [-0.39, 0.29) is 24.6 Å². The van der Waals surface area contributed by atoms with Crippen LogP contribution in [0.5, 0.6) is 5.75 Å². The van der Waals surface area contributed by atoms with Crippen LogP contribution in [0.1, 0.15) is 68.0 Å². The number of anilines is 1. The Bertz CT molecular complexity index is 1400. The van der Waals surface area contributed by atoms with Crippen molar-refractivity contribution in [3.05, 3.63) is 94.5 Å². The maximum Gasteiger partial charge on any atom is 0.408 e. The van der Waals surface area contributed by atoms with E-state index in [0.717, 1.165) is 22.3 Å². The van der Waals surface area contributed by atoms with E-state index < -0.39 is 29.7 Å². The van der Waals surface area contributed by atoms with Crippen LogP contribution in [0, 0.1) is 20.8 Å². The van der Waals surface area contributed by atoms with Crippen molar-refractivity contribution in [3.8, 4) is 5.75 Å². The van der Waals surface area contributed by atoms with Crippen LogP contribution in [0.4, 0.5) is 10.5 Å². The van der Waals surface area contributed by atoms with Gasteiger partial charge in [0.05, 0.1) is 0 Å². The zero-order chi connectivity index (χ0) is 31.0. The standard InChI is InChI=1S/C34H43N3O5/c1-8-19-37(32(40)29(36-33(41)42-34(5,6)7)21-25-15-17-26(38)18-16-25)30(27-20-22(2)13-14-23(27)3)31(39)35-28-12-10-9-11-24(28)4/h9-18,20,29-30,38H,8,19,21H2,1-7H3,(H,35,39)(H,36,41). The number of para-hydroxylation sites is 1. The number of nitrogens with zero attached hydrogens (tertiary/aromatic N) is 1. The number of phenolic OH excluding ortho intramolecular Hbond substituents is 1. The number of carbonyl (C=O) groups is 3. The van der Waals surface area contributed by atoms with Gasteiger partial charge in [0, 0.05) is 18.7 Å². The molecule has 0 heterocycles. The third kappa shape index (κ3) is 8.83. The highest BCUT2D eigenvalue weighted by Crippen LogP contribution is 2.29. The quantitative estimate of drug-likeness (QED) is 0.261. The van der Waals surface area contributed by atoms with E-state index in [1.807, 2.05) is 70.2 Å². The molecule has 0 aliphatic rings. The molecule has 0 aliphatic carbocycles. The second-order valence-corrected chi connectivity index (χ2v) is 11.7. The first kappa shape index (κ1) is 32.2. The zero-order valence-corrected chi connectivity index (χ0v) is 25.7. The molecule has 8 nitrogen and oxygen atoms in total. The Morgan fingerprint density at radius 1 is 0.929 bits per heavy atom. The lowest BCUT2D eigenvalue weighted by Gasteiger charge is -2.35. The molecule has 0 saturated heterocycles. The number of nitrogens with one attached hydrogen (secondary N) is 2. The summed E-state index contributed by atoms with van der Waals surface area (Å²) < 4.78 is 5.49. The van der Waals surface area contributed by atoms with Gasteiger partial charge in [0.2, 0.25) is 5.91 Å². The number of phenols is 1. The van der Waals surface area contributed by atoms with Crippen molar-refractivity contribution >= 4 is 23.6 Å². The summed E-state index contributed by atoms with van der Waals surface area (Å²) in [6.07, 6.45) is -0.00983. The molecular formula is C34H43N3O5. The predicted octanol–water partition coefficient (Wildman–Crippen LogP) is 6.37. The molecule has 3 N–H and O–H groups in total. The highest BCUT2D eigenvalue weighted by Gasteiger charge is 2.37. The molecule has 0 aliphatic heterocycles. The number of ether oxygens (including phenoxy) is 1. The van der Waals surface area contributed by atoms with Crippen molar-refractivity contribution in [2.24, 2.45) is 0 Å². The van der Waals surface area contributed by atoms with E-state index in [9.17, 15) is 19.5 Å². The van der Waals surface area contributed by atoms with Gasteiger partial charge in [0.15, 0.2) is 0 Å². The van der Waals surface area contributed by atoms with Crippen molar-refractivity contribution in [3.63, 3.8) is 0 Å². The second-order valence-electron chi connectivity index (χ2n) is 11.7. The lowest BCUT2D eigenvalue weighted by atomic mass is 9.95. The smallest absolute Gasteiger partial charge is 0.408 e. The molecule has 0 spiro atoms. The van der Waals surface area contributed by atoms with Gasteiger partial charge in [-0.05, 0) is 88.4 Å². The van der Waals surface area contributed by atoms with E-state index in [4.69, 9.17) is 4.74 Å². The number of hydrogen-bond acceptors (Lipinski definition) is 5. The van der Waals surface area contributed by atoms with Crippen molar-refractivity contribution in [1.29, 1.82) is 0 Å². The summed E-state index contributed by atoms with van der Waals surface area (Å²) in [6, 6.07) is 17.8. The highest BCUT2D eigenvalue weighted by molar-refractivity contribution is 5.99. The number of aromatic hydroxyl groups is 1. The molecule has 0 bridgehead atoms. The van der Waals surface area contributed by atoms with Gasteiger partial charge in [0.25, 0.3) is 5.91 Å². The number of rotatable bonds is 10. The first-order valence-corrected chi connectivity index (χ1v) is 14.3. The first-order valence-electron chi connectivity index (χ1n) is 14.3. The molecule has 0 aromatic heterocycles. The molecule has 8 heteroatoms. The summed E-state index contributed by atoms with van der Waals surface area (Å²) in [7, 11) is 0. The van der Waals surface area contributed by atoms with Crippen LogP contribution in [-0.2, 0) is 20.7 Å². The third-order valence-electron chi connectivity index (χ3n) is 6.81. The number of hydrogen-bond donors (Lipinski definition) is 3. The van der Waals surface area contributed by atoms with E-state index in [1.54, 1.807) is 37.8 Å². The Kier molecular flexibility index (Phi) is 10.8. The van der Waals surface area contributed by atoms with E-state index in [1.165, 1.54) is 12.1 Å². The van der Waals surface area contributed by atoms with Crippen LogP contribution in [0.2, 0.25) is 0 Å². The van der Waals surface area contributed by atoms with Crippen LogP contribution >= 0.6 is 0 Å². The zero-order valence-electron chi connectivity index (χ0n) is 25.7. The second kappa shape index (κ2) is 14.0. The lowest BCUT2D eigenvalue weighted by Crippen LogP contribution is -2.53. The summed E-state index contributed by atoms with van der Waals surface area (Å²) in [5.41, 5.74) is 4.06. The highest BCUT2D eigenvalue weighted by atomic mass is 16.6. The normalized spacial score (nSPS) is 12.6. The fourth-order valence-corrected chi connectivity index (χ4v) is 4.74. The Morgan fingerprint density at radius 3 is 2.21 bits per heavy atom. The van der Waals surface area contributed by atoms with Crippen LogP contribution in [0.15, 0.2) is 66.7 Å². The van der Waals surface area contributed by atoms with Crippen LogP contribution in [-0.4, -0.2) is 46.1 Å². The topological polar surface area (TPSA) is 108 Å². The molecule has 224 valence electrons. The molecule has 0 saturated carbocycles. The van der Waals surface area contributed by atoms with Gasteiger partial charge in [-0.2, -0.15) is 0 Å². The van der Waals surface area contributed by atoms with Gasteiger partial charge >= 0.3 is 6.09 Å². The van der Waals surface area contributed by atoms with Gasteiger partial charge in [-0.25, -0.2) is 4.79 Å². The summed E-state index contributed by atoms with van der Waals surface area (Å²) in [5, 5.41) is 15.6. The van der Waals surface area contributed by atoms with Crippen LogP contribution < -0.4 is 10.6 Å². The van der Waals surface area contributed by atoms with Crippen molar-refractivity contribution in [2.45, 2.75) is 79.0 Å².